The van der Waals surface area contributed by atoms with Gasteiger partial charge in [-0.3, -0.25) is 0 Å². The summed E-state index contributed by atoms with van der Waals surface area (Å²) in [5, 5.41) is 21.2. The van der Waals surface area contributed by atoms with E-state index in [4.69, 9.17) is 16.7 Å². The van der Waals surface area contributed by atoms with E-state index in [0.29, 0.717) is 17.0 Å². The van der Waals surface area contributed by atoms with Crippen molar-refractivity contribution in [1.29, 1.82) is 0 Å². The van der Waals surface area contributed by atoms with Gasteiger partial charge in [0.15, 0.2) is 0 Å². The molecule has 1 aliphatic carbocycles. The quantitative estimate of drug-likeness (QED) is 0.682. The first kappa shape index (κ1) is 10.3. The molecule has 2 rings (SSSR count). The molecule has 0 saturated carbocycles. The van der Waals surface area contributed by atoms with Gasteiger partial charge in [0.2, 0.25) is 0 Å². The summed E-state index contributed by atoms with van der Waals surface area (Å²) >= 11 is 5.93. The first-order chi connectivity index (χ1) is 7.09. The number of carboxylic acid groups (broad SMARTS) is 1. The molecule has 1 aromatic rings. The molecule has 1 amide bonds. The van der Waals surface area contributed by atoms with E-state index in [-0.39, 0.29) is 0 Å². The van der Waals surface area contributed by atoms with Crippen molar-refractivity contribution < 1.29 is 15.0 Å². The normalized spacial score (nSPS) is 23.6. The highest BCUT2D eigenvalue weighted by atomic mass is 35.5. The van der Waals surface area contributed by atoms with Crippen LogP contribution in [-0.2, 0) is 6.42 Å². The zero-order valence-electron chi connectivity index (χ0n) is 7.77. The number of amides is 1. The molecule has 0 heterocycles. The van der Waals surface area contributed by atoms with E-state index < -0.39 is 18.2 Å². The fraction of sp³-hybridized carbons (Fsp3) is 0.300. The number of hydrogen-bond donors (Lipinski definition) is 3. The minimum Gasteiger partial charge on any atom is -0.465 e. The van der Waals surface area contributed by atoms with Gasteiger partial charge < -0.3 is 15.5 Å². The van der Waals surface area contributed by atoms with Gasteiger partial charge in [0.1, 0.15) is 6.10 Å². The number of carbonyl (C=O) groups is 1. The molecule has 15 heavy (non-hydrogen) atoms. The van der Waals surface area contributed by atoms with Gasteiger partial charge in [-0.1, -0.05) is 23.7 Å². The van der Waals surface area contributed by atoms with Crippen molar-refractivity contribution in [3.05, 3.63) is 34.3 Å². The highest BCUT2D eigenvalue weighted by Gasteiger charge is 2.33. The van der Waals surface area contributed by atoms with Crippen LogP contribution in [0.25, 0.3) is 0 Å². The lowest BCUT2D eigenvalue weighted by molar-refractivity contribution is 0.131. The van der Waals surface area contributed by atoms with Gasteiger partial charge in [-0.2, -0.15) is 0 Å². The molecule has 0 unspecified atom stereocenters. The largest absolute Gasteiger partial charge is 0.465 e. The van der Waals surface area contributed by atoms with Crippen molar-refractivity contribution in [3.63, 3.8) is 0 Å². The molecule has 0 bridgehead atoms. The second-order valence-corrected chi connectivity index (χ2v) is 3.92. The minimum atomic E-state index is -1.14. The maximum absolute atomic E-state index is 10.5. The Morgan fingerprint density at radius 2 is 2.27 bits per heavy atom. The van der Waals surface area contributed by atoms with Crippen LogP contribution in [0.1, 0.15) is 17.2 Å². The molecule has 0 aromatic heterocycles. The lowest BCUT2D eigenvalue weighted by Gasteiger charge is -2.14. The number of aliphatic hydroxyl groups excluding tert-OH is 1. The minimum absolute atomic E-state index is 0.476. The molecule has 0 spiro atoms. The van der Waals surface area contributed by atoms with E-state index in [1.165, 1.54) is 0 Å². The number of rotatable bonds is 1. The van der Waals surface area contributed by atoms with Crippen LogP contribution in [0.4, 0.5) is 4.79 Å². The lowest BCUT2D eigenvalue weighted by Crippen LogP contribution is -2.36. The number of aliphatic hydroxyl groups is 1. The van der Waals surface area contributed by atoms with Gasteiger partial charge in [-0.15, -0.1) is 0 Å². The van der Waals surface area contributed by atoms with E-state index in [0.717, 1.165) is 5.56 Å². The van der Waals surface area contributed by atoms with Gasteiger partial charge in [0.05, 0.1) is 6.04 Å². The SMILES string of the molecule is O=C(O)N[C@@H]1Cc2cccc(Cl)c2[C@@H]1O. The van der Waals surface area contributed by atoms with Gasteiger partial charge in [0, 0.05) is 10.6 Å². The third-order valence-corrected chi connectivity index (χ3v) is 2.90. The van der Waals surface area contributed by atoms with Crippen LogP contribution in [0, 0.1) is 0 Å². The molecule has 1 aromatic carbocycles. The van der Waals surface area contributed by atoms with E-state index in [9.17, 15) is 9.90 Å². The number of benzene rings is 1. The number of hydrogen-bond acceptors (Lipinski definition) is 2. The van der Waals surface area contributed by atoms with Crippen molar-refractivity contribution in [2.24, 2.45) is 0 Å². The Labute approximate surface area is 91.5 Å². The van der Waals surface area contributed by atoms with Crippen LogP contribution < -0.4 is 5.32 Å². The van der Waals surface area contributed by atoms with Gasteiger partial charge >= 0.3 is 6.09 Å². The van der Waals surface area contributed by atoms with Crippen molar-refractivity contribution >= 4 is 17.7 Å². The van der Waals surface area contributed by atoms with Crippen molar-refractivity contribution in [3.8, 4) is 0 Å². The summed E-state index contributed by atoms with van der Waals surface area (Å²) in [5.41, 5.74) is 1.53. The van der Waals surface area contributed by atoms with Crippen LogP contribution >= 0.6 is 11.6 Å². The van der Waals surface area contributed by atoms with Crippen LogP contribution in [0.5, 0.6) is 0 Å². The van der Waals surface area contributed by atoms with Gasteiger partial charge in [-0.05, 0) is 18.1 Å². The first-order valence-electron chi connectivity index (χ1n) is 4.54. The van der Waals surface area contributed by atoms with Gasteiger partial charge in [0.25, 0.3) is 0 Å². The molecule has 0 radical (unpaired) electrons. The summed E-state index contributed by atoms with van der Waals surface area (Å²) < 4.78 is 0. The number of nitrogens with one attached hydrogen (secondary N) is 1. The van der Waals surface area contributed by atoms with E-state index in [1.54, 1.807) is 12.1 Å². The summed E-state index contributed by atoms with van der Waals surface area (Å²) in [4.78, 5) is 10.5. The monoisotopic (exact) mass is 227 g/mol. The smallest absolute Gasteiger partial charge is 0.404 e. The predicted molar refractivity (Wildman–Crippen MR) is 55.1 cm³/mol. The Bertz CT molecular complexity index is 408. The van der Waals surface area contributed by atoms with Crippen molar-refractivity contribution in [2.75, 3.05) is 0 Å². The average molecular weight is 228 g/mol. The summed E-state index contributed by atoms with van der Waals surface area (Å²) in [7, 11) is 0. The summed E-state index contributed by atoms with van der Waals surface area (Å²) in [6.07, 6.45) is -1.52. The molecule has 5 heteroatoms. The fourth-order valence-corrected chi connectivity index (χ4v) is 2.24. The van der Waals surface area contributed by atoms with Crippen molar-refractivity contribution in [1.82, 2.24) is 5.32 Å². The third-order valence-electron chi connectivity index (χ3n) is 2.57. The van der Waals surface area contributed by atoms with Crippen LogP contribution in [-0.4, -0.2) is 22.3 Å². The molecule has 0 saturated heterocycles. The van der Waals surface area contributed by atoms with Crippen molar-refractivity contribution in [2.45, 2.75) is 18.6 Å². The molecular formula is C10H10ClNO3. The lowest BCUT2D eigenvalue weighted by atomic mass is 10.1. The Kier molecular flexibility index (Phi) is 2.54. The van der Waals surface area contributed by atoms with E-state index in [1.807, 2.05) is 6.07 Å². The van der Waals surface area contributed by atoms with Crippen LogP contribution in [0.2, 0.25) is 5.02 Å². The molecule has 3 N–H and O–H groups in total. The zero-order chi connectivity index (χ0) is 11.0. The molecule has 2 atom stereocenters. The third kappa shape index (κ3) is 1.78. The molecular weight excluding hydrogens is 218 g/mol. The maximum Gasteiger partial charge on any atom is 0.404 e. The summed E-state index contributed by atoms with van der Waals surface area (Å²) in [5.74, 6) is 0. The van der Waals surface area contributed by atoms with Crippen LogP contribution in [0.15, 0.2) is 18.2 Å². The first-order valence-corrected chi connectivity index (χ1v) is 4.92. The maximum atomic E-state index is 10.5. The molecule has 0 aliphatic heterocycles. The Hall–Kier alpha value is -1.26. The Morgan fingerprint density at radius 3 is 2.87 bits per heavy atom. The summed E-state index contributed by atoms with van der Waals surface area (Å²) in [6.45, 7) is 0. The topological polar surface area (TPSA) is 69.6 Å². The number of fused-ring (bicyclic) bond motifs is 1. The molecule has 4 nitrogen and oxygen atoms in total. The standard InChI is InChI=1S/C10H10ClNO3/c11-6-3-1-2-5-4-7(12-10(14)15)9(13)8(5)6/h1-3,7,9,12-13H,4H2,(H,14,15)/t7-,9-/m1/s1. The van der Waals surface area contributed by atoms with E-state index in [2.05, 4.69) is 5.32 Å². The van der Waals surface area contributed by atoms with E-state index >= 15 is 0 Å². The predicted octanol–water partition coefficient (Wildman–Crippen LogP) is 1.57. The number of halogens is 1. The second-order valence-electron chi connectivity index (χ2n) is 3.52. The van der Waals surface area contributed by atoms with Gasteiger partial charge in [-0.25, -0.2) is 4.79 Å². The highest BCUT2D eigenvalue weighted by Crippen LogP contribution is 2.36. The Balaban J connectivity index is 2.29. The highest BCUT2D eigenvalue weighted by molar-refractivity contribution is 6.31. The second kappa shape index (κ2) is 3.72. The summed E-state index contributed by atoms with van der Waals surface area (Å²) in [6, 6.07) is 4.81. The Morgan fingerprint density at radius 1 is 1.53 bits per heavy atom. The average Bonchev–Trinajstić information content (AvgIpc) is 2.44. The molecule has 1 aliphatic rings. The fourth-order valence-electron chi connectivity index (χ4n) is 1.93. The molecule has 0 fully saturated rings. The zero-order valence-corrected chi connectivity index (χ0v) is 8.53. The molecule has 80 valence electrons. The van der Waals surface area contributed by atoms with Crippen LogP contribution in [0.3, 0.4) is 0 Å².